The summed E-state index contributed by atoms with van der Waals surface area (Å²) in [6, 6.07) is 13.7. The molecule has 0 unspecified atom stereocenters. The Morgan fingerprint density at radius 2 is 1.84 bits per heavy atom. The van der Waals surface area contributed by atoms with Crippen LogP contribution < -0.4 is 5.32 Å². The van der Waals surface area contributed by atoms with Gasteiger partial charge in [0, 0.05) is 11.0 Å². The molecular weight excluding hydrogens is 309 g/mol. The van der Waals surface area contributed by atoms with Gasteiger partial charge in [0.25, 0.3) is 0 Å². The first-order valence-electron chi connectivity index (χ1n) is 5.89. The lowest BCUT2D eigenvalue weighted by atomic mass is 10.1. The van der Waals surface area contributed by atoms with Crippen LogP contribution in [0.5, 0.6) is 0 Å². The Hall–Kier alpha value is -1.68. The van der Waals surface area contributed by atoms with Crippen molar-refractivity contribution >= 4 is 21.8 Å². The molecule has 0 heterocycles. The average Bonchev–Trinajstić information content (AvgIpc) is 2.39. The molecule has 0 radical (unpaired) electrons. The van der Waals surface area contributed by atoms with Gasteiger partial charge in [0.05, 0.1) is 6.42 Å². The van der Waals surface area contributed by atoms with Crippen LogP contribution in [0.2, 0.25) is 0 Å². The Bertz CT molecular complexity index is 569. The first-order valence-corrected chi connectivity index (χ1v) is 6.68. The molecule has 0 fully saturated rings. The normalized spacial score (nSPS) is 10.2. The number of hydrogen-bond donors (Lipinski definition) is 1. The zero-order valence-electron chi connectivity index (χ0n) is 10.2. The van der Waals surface area contributed by atoms with E-state index < -0.39 is 0 Å². The fraction of sp³-hybridized carbons (Fsp3) is 0.133. The van der Waals surface area contributed by atoms with E-state index in [1.807, 2.05) is 24.3 Å². The molecule has 0 saturated carbocycles. The van der Waals surface area contributed by atoms with Gasteiger partial charge in [0.15, 0.2) is 0 Å². The van der Waals surface area contributed by atoms with Gasteiger partial charge in [-0.15, -0.1) is 0 Å². The van der Waals surface area contributed by atoms with Crippen LogP contribution in [0.3, 0.4) is 0 Å². The van der Waals surface area contributed by atoms with Crippen molar-refractivity contribution in [3.05, 3.63) is 69.9 Å². The van der Waals surface area contributed by atoms with Crippen molar-refractivity contribution in [1.82, 2.24) is 5.32 Å². The van der Waals surface area contributed by atoms with Gasteiger partial charge >= 0.3 is 0 Å². The molecule has 2 aromatic rings. The molecule has 4 heteroatoms. The highest BCUT2D eigenvalue weighted by Gasteiger charge is 2.03. The van der Waals surface area contributed by atoms with E-state index in [0.29, 0.717) is 6.54 Å². The molecule has 0 atom stereocenters. The number of hydrogen-bond acceptors (Lipinski definition) is 1. The highest BCUT2D eigenvalue weighted by atomic mass is 79.9. The molecule has 0 aromatic heterocycles. The molecule has 0 aliphatic rings. The second-order valence-electron chi connectivity index (χ2n) is 4.21. The standard InChI is InChI=1S/C15H13BrFNO/c16-13-3-1-2-12(8-13)10-18-15(19)9-11-4-6-14(17)7-5-11/h1-8H,9-10H2,(H,18,19). The molecule has 2 aromatic carbocycles. The Labute approximate surface area is 119 Å². The molecule has 98 valence electrons. The van der Waals surface area contributed by atoms with Gasteiger partial charge in [-0.3, -0.25) is 4.79 Å². The molecule has 0 aliphatic heterocycles. The minimum atomic E-state index is -0.293. The van der Waals surface area contributed by atoms with Gasteiger partial charge in [-0.05, 0) is 35.4 Å². The lowest BCUT2D eigenvalue weighted by Crippen LogP contribution is -2.24. The quantitative estimate of drug-likeness (QED) is 0.918. The molecule has 2 nitrogen and oxygen atoms in total. The third-order valence-corrected chi connectivity index (χ3v) is 3.15. The van der Waals surface area contributed by atoms with Crippen LogP contribution in [0.25, 0.3) is 0 Å². The van der Waals surface area contributed by atoms with Crippen molar-refractivity contribution in [3.8, 4) is 0 Å². The second kappa shape index (κ2) is 6.48. The fourth-order valence-electron chi connectivity index (χ4n) is 1.70. The number of carbonyl (C=O) groups is 1. The summed E-state index contributed by atoms with van der Waals surface area (Å²) in [4.78, 5) is 11.7. The maximum absolute atomic E-state index is 12.7. The first-order chi connectivity index (χ1) is 9.13. The predicted octanol–water partition coefficient (Wildman–Crippen LogP) is 3.45. The topological polar surface area (TPSA) is 29.1 Å². The minimum absolute atomic E-state index is 0.0772. The lowest BCUT2D eigenvalue weighted by Gasteiger charge is -2.06. The maximum atomic E-state index is 12.7. The van der Waals surface area contributed by atoms with Crippen LogP contribution in [0.15, 0.2) is 53.0 Å². The van der Waals surface area contributed by atoms with Crippen LogP contribution in [0.4, 0.5) is 4.39 Å². The van der Waals surface area contributed by atoms with E-state index in [0.717, 1.165) is 15.6 Å². The van der Waals surface area contributed by atoms with Crippen LogP contribution in [-0.2, 0) is 17.8 Å². The van der Waals surface area contributed by atoms with Gasteiger partial charge in [0.2, 0.25) is 5.91 Å². The van der Waals surface area contributed by atoms with Crippen molar-refractivity contribution in [2.75, 3.05) is 0 Å². The fourth-order valence-corrected chi connectivity index (χ4v) is 2.14. The molecule has 0 bridgehead atoms. The number of rotatable bonds is 4. The summed E-state index contributed by atoms with van der Waals surface area (Å²) in [7, 11) is 0. The highest BCUT2D eigenvalue weighted by molar-refractivity contribution is 9.10. The summed E-state index contributed by atoms with van der Waals surface area (Å²) in [5.41, 5.74) is 1.83. The predicted molar refractivity (Wildman–Crippen MR) is 76.1 cm³/mol. The highest BCUT2D eigenvalue weighted by Crippen LogP contribution is 2.11. The maximum Gasteiger partial charge on any atom is 0.224 e. The SMILES string of the molecule is O=C(Cc1ccc(F)cc1)NCc1cccc(Br)c1. The van der Waals surface area contributed by atoms with E-state index in [4.69, 9.17) is 0 Å². The number of halogens is 2. The zero-order valence-corrected chi connectivity index (χ0v) is 11.8. The molecule has 1 amide bonds. The van der Waals surface area contributed by atoms with Crippen molar-refractivity contribution in [1.29, 1.82) is 0 Å². The Balaban J connectivity index is 1.86. The first kappa shape index (κ1) is 13.7. The van der Waals surface area contributed by atoms with Gasteiger partial charge in [-0.2, -0.15) is 0 Å². The smallest absolute Gasteiger partial charge is 0.224 e. The zero-order chi connectivity index (χ0) is 13.7. The van der Waals surface area contributed by atoms with Crippen molar-refractivity contribution in [2.24, 2.45) is 0 Å². The van der Waals surface area contributed by atoms with Gasteiger partial charge < -0.3 is 5.32 Å². The van der Waals surface area contributed by atoms with Crippen molar-refractivity contribution in [2.45, 2.75) is 13.0 Å². The van der Waals surface area contributed by atoms with E-state index in [9.17, 15) is 9.18 Å². The molecule has 19 heavy (non-hydrogen) atoms. The summed E-state index contributed by atoms with van der Waals surface area (Å²) in [5, 5.41) is 2.84. The van der Waals surface area contributed by atoms with E-state index in [-0.39, 0.29) is 18.1 Å². The third kappa shape index (κ3) is 4.48. The van der Waals surface area contributed by atoms with Crippen LogP contribution >= 0.6 is 15.9 Å². The van der Waals surface area contributed by atoms with Crippen LogP contribution in [0, 0.1) is 5.82 Å². The van der Waals surface area contributed by atoms with Crippen LogP contribution in [-0.4, -0.2) is 5.91 Å². The summed E-state index contributed by atoms with van der Waals surface area (Å²) in [6.45, 7) is 0.486. The molecule has 2 rings (SSSR count). The summed E-state index contributed by atoms with van der Waals surface area (Å²) < 4.78 is 13.7. The Morgan fingerprint density at radius 1 is 1.11 bits per heavy atom. The van der Waals surface area contributed by atoms with Crippen LogP contribution in [0.1, 0.15) is 11.1 Å². The number of carbonyl (C=O) groups excluding carboxylic acids is 1. The molecule has 0 saturated heterocycles. The van der Waals surface area contributed by atoms with Gasteiger partial charge in [0.1, 0.15) is 5.82 Å². The molecule has 0 spiro atoms. The molecule has 1 N–H and O–H groups in total. The second-order valence-corrected chi connectivity index (χ2v) is 5.13. The third-order valence-electron chi connectivity index (χ3n) is 2.66. The van der Waals surface area contributed by atoms with E-state index >= 15 is 0 Å². The van der Waals surface area contributed by atoms with E-state index in [2.05, 4.69) is 21.2 Å². The monoisotopic (exact) mass is 321 g/mol. The van der Waals surface area contributed by atoms with Gasteiger partial charge in [-0.1, -0.05) is 40.2 Å². The van der Waals surface area contributed by atoms with Crippen molar-refractivity contribution < 1.29 is 9.18 Å². The van der Waals surface area contributed by atoms with E-state index in [1.54, 1.807) is 12.1 Å². The number of amides is 1. The van der Waals surface area contributed by atoms with E-state index in [1.165, 1.54) is 12.1 Å². The summed E-state index contributed by atoms with van der Waals surface area (Å²) in [6.07, 6.45) is 0.258. The number of nitrogens with one attached hydrogen (secondary N) is 1. The summed E-state index contributed by atoms with van der Waals surface area (Å²) >= 11 is 3.38. The molecule has 0 aliphatic carbocycles. The largest absolute Gasteiger partial charge is 0.352 e. The summed E-state index contributed by atoms with van der Waals surface area (Å²) in [5.74, 6) is -0.370. The Morgan fingerprint density at radius 3 is 2.53 bits per heavy atom. The lowest BCUT2D eigenvalue weighted by molar-refractivity contribution is -0.120. The van der Waals surface area contributed by atoms with Crippen molar-refractivity contribution in [3.63, 3.8) is 0 Å². The minimum Gasteiger partial charge on any atom is -0.352 e. The average molecular weight is 322 g/mol. The number of benzene rings is 2. The Kier molecular flexibility index (Phi) is 4.68. The van der Waals surface area contributed by atoms with Gasteiger partial charge in [-0.25, -0.2) is 4.39 Å². The molecular formula is C15H13BrFNO.